The van der Waals surface area contributed by atoms with E-state index in [1.165, 1.54) is 19.3 Å². The summed E-state index contributed by atoms with van der Waals surface area (Å²) >= 11 is 0. The topological polar surface area (TPSA) is 64.1 Å². The van der Waals surface area contributed by atoms with Crippen LogP contribution >= 0.6 is 0 Å². The van der Waals surface area contributed by atoms with Gasteiger partial charge in [0.1, 0.15) is 0 Å². The molecule has 0 amide bonds. The molecule has 2 fully saturated rings. The fourth-order valence-electron chi connectivity index (χ4n) is 4.29. The number of ether oxygens (including phenoxy) is 3. The van der Waals surface area contributed by atoms with Crippen molar-refractivity contribution < 1.29 is 14.2 Å². The van der Waals surface area contributed by atoms with Crippen LogP contribution in [0.3, 0.4) is 0 Å². The first kappa shape index (κ1) is 19.8. The van der Waals surface area contributed by atoms with Gasteiger partial charge in [-0.15, -0.1) is 0 Å². The lowest BCUT2D eigenvalue weighted by atomic mass is 9.51. The number of hydrogen-bond donors (Lipinski definition) is 2. The standard InChI is InChI=1S/C21H33N3O3/c1-5-26-17-12-15(8-9-16(17)25-4)14-23-20(22-3)24-18-13-19(27-6-2)21(18)10-7-11-21/h8-9,12,18-19H,5-7,10-11,13-14H2,1-4H3,(H2,22,23,24). The Morgan fingerprint density at radius 2 is 2.04 bits per heavy atom. The van der Waals surface area contributed by atoms with Crippen molar-refractivity contribution >= 4 is 5.96 Å². The van der Waals surface area contributed by atoms with E-state index in [0.717, 1.165) is 36.0 Å². The van der Waals surface area contributed by atoms with Gasteiger partial charge in [-0.25, -0.2) is 0 Å². The molecule has 6 nitrogen and oxygen atoms in total. The van der Waals surface area contributed by atoms with Gasteiger partial charge in [0.15, 0.2) is 17.5 Å². The molecule has 1 aromatic carbocycles. The molecule has 0 aliphatic heterocycles. The van der Waals surface area contributed by atoms with E-state index in [4.69, 9.17) is 14.2 Å². The summed E-state index contributed by atoms with van der Waals surface area (Å²) < 4.78 is 17.0. The van der Waals surface area contributed by atoms with Crippen LogP contribution in [0.25, 0.3) is 0 Å². The number of guanidine groups is 1. The Bertz CT molecular complexity index is 658. The van der Waals surface area contributed by atoms with E-state index in [-0.39, 0.29) is 0 Å². The first-order valence-corrected chi connectivity index (χ1v) is 10.0. The third-order valence-corrected chi connectivity index (χ3v) is 5.96. The smallest absolute Gasteiger partial charge is 0.191 e. The zero-order valence-corrected chi connectivity index (χ0v) is 17.0. The molecule has 0 saturated heterocycles. The first-order chi connectivity index (χ1) is 13.2. The Kier molecular flexibility index (Phi) is 6.47. The Morgan fingerprint density at radius 3 is 2.63 bits per heavy atom. The predicted octanol–water partition coefficient (Wildman–Crippen LogP) is 3.11. The van der Waals surface area contributed by atoms with Crippen LogP contribution in [0.2, 0.25) is 0 Å². The Hall–Kier alpha value is -1.95. The molecule has 2 atom stereocenters. The van der Waals surface area contributed by atoms with Crippen LogP contribution < -0.4 is 20.1 Å². The van der Waals surface area contributed by atoms with Gasteiger partial charge in [-0.05, 0) is 50.8 Å². The van der Waals surface area contributed by atoms with Crippen LogP contribution in [0.5, 0.6) is 11.5 Å². The average Bonchev–Trinajstić information content (AvgIpc) is 2.62. The number of rotatable bonds is 8. The van der Waals surface area contributed by atoms with Crippen LogP contribution in [0.15, 0.2) is 23.2 Å². The first-order valence-electron chi connectivity index (χ1n) is 10.0. The number of nitrogens with one attached hydrogen (secondary N) is 2. The molecule has 27 heavy (non-hydrogen) atoms. The molecule has 2 saturated carbocycles. The summed E-state index contributed by atoms with van der Waals surface area (Å²) in [5.74, 6) is 2.37. The molecular formula is C21H33N3O3. The van der Waals surface area contributed by atoms with E-state index in [0.29, 0.717) is 30.7 Å². The van der Waals surface area contributed by atoms with Gasteiger partial charge in [-0.2, -0.15) is 0 Å². The SMILES string of the molecule is CCOc1cc(CNC(=NC)NC2CC(OCC)C23CCC3)ccc1OC. The molecule has 2 unspecified atom stereocenters. The fourth-order valence-corrected chi connectivity index (χ4v) is 4.29. The summed E-state index contributed by atoms with van der Waals surface area (Å²) in [6.07, 6.45) is 5.28. The van der Waals surface area contributed by atoms with E-state index in [9.17, 15) is 0 Å². The van der Waals surface area contributed by atoms with Gasteiger partial charge in [0, 0.05) is 31.7 Å². The maximum absolute atomic E-state index is 5.94. The van der Waals surface area contributed by atoms with E-state index >= 15 is 0 Å². The normalized spacial score (nSPS) is 23.3. The zero-order chi connectivity index (χ0) is 19.3. The van der Waals surface area contributed by atoms with Crippen molar-refractivity contribution in [1.82, 2.24) is 10.6 Å². The van der Waals surface area contributed by atoms with Crippen LogP contribution in [0.4, 0.5) is 0 Å². The molecular weight excluding hydrogens is 342 g/mol. The van der Waals surface area contributed by atoms with Gasteiger partial charge in [-0.3, -0.25) is 4.99 Å². The highest BCUT2D eigenvalue weighted by Crippen LogP contribution is 2.57. The molecule has 0 heterocycles. The number of aliphatic imine (C=N–C) groups is 1. The number of hydrogen-bond acceptors (Lipinski definition) is 4. The van der Waals surface area contributed by atoms with E-state index in [1.807, 2.05) is 32.2 Å². The number of nitrogens with zero attached hydrogens (tertiary/aromatic N) is 1. The average molecular weight is 376 g/mol. The Morgan fingerprint density at radius 1 is 1.22 bits per heavy atom. The lowest BCUT2D eigenvalue weighted by molar-refractivity contribution is -0.168. The second-order valence-electron chi connectivity index (χ2n) is 7.31. The minimum Gasteiger partial charge on any atom is -0.493 e. The Labute approximate surface area is 162 Å². The summed E-state index contributed by atoms with van der Waals surface area (Å²) in [6, 6.07) is 6.46. The summed E-state index contributed by atoms with van der Waals surface area (Å²) in [6.45, 7) is 6.14. The zero-order valence-electron chi connectivity index (χ0n) is 17.0. The van der Waals surface area contributed by atoms with Gasteiger partial charge in [-0.1, -0.05) is 12.5 Å². The molecule has 2 aliphatic rings. The van der Waals surface area contributed by atoms with Gasteiger partial charge < -0.3 is 24.8 Å². The van der Waals surface area contributed by atoms with E-state index < -0.39 is 0 Å². The fraction of sp³-hybridized carbons (Fsp3) is 0.667. The van der Waals surface area contributed by atoms with Crippen LogP contribution in [-0.2, 0) is 11.3 Å². The van der Waals surface area contributed by atoms with Crippen molar-refractivity contribution in [3.05, 3.63) is 23.8 Å². The lowest BCUT2D eigenvalue weighted by Crippen LogP contribution is -2.68. The molecule has 3 rings (SSSR count). The molecule has 0 aromatic heterocycles. The molecule has 6 heteroatoms. The van der Waals surface area contributed by atoms with E-state index in [1.54, 1.807) is 7.11 Å². The van der Waals surface area contributed by atoms with Gasteiger partial charge in [0.25, 0.3) is 0 Å². The van der Waals surface area contributed by atoms with E-state index in [2.05, 4.69) is 22.5 Å². The second kappa shape index (κ2) is 8.83. The second-order valence-corrected chi connectivity index (χ2v) is 7.31. The summed E-state index contributed by atoms with van der Waals surface area (Å²) in [5.41, 5.74) is 1.44. The predicted molar refractivity (Wildman–Crippen MR) is 108 cm³/mol. The van der Waals surface area contributed by atoms with Crippen molar-refractivity contribution in [3.8, 4) is 11.5 Å². The highest BCUT2D eigenvalue weighted by Gasteiger charge is 2.59. The molecule has 2 N–H and O–H groups in total. The van der Waals surface area contributed by atoms with Gasteiger partial charge in [0.05, 0.1) is 19.8 Å². The summed E-state index contributed by atoms with van der Waals surface area (Å²) in [5, 5.41) is 7.05. The van der Waals surface area contributed by atoms with Crippen molar-refractivity contribution in [3.63, 3.8) is 0 Å². The van der Waals surface area contributed by atoms with Gasteiger partial charge in [0.2, 0.25) is 0 Å². The number of methoxy groups -OCH3 is 1. The van der Waals surface area contributed by atoms with Crippen LogP contribution in [0.1, 0.15) is 45.1 Å². The maximum Gasteiger partial charge on any atom is 0.191 e. The van der Waals surface area contributed by atoms with Crippen molar-refractivity contribution in [2.24, 2.45) is 10.4 Å². The highest BCUT2D eigenvalue weighted by molar-refractivity contribution is 5.80. The minimum atomic E-state index is 0.315. The molecule has 1 spiro atoms. The highest BCUT2D eigenvalue weighted by atomic mass is 16.5. The maximum atomic E-state index is 5.94. The Balaban J connectivity index is 1.56. The summed E-state index contributed by atoms with van der Waals surface area (Å²) in [7, 11) is 3.48. The molecule has 0 bridgehead atoms. The molecule has 2 aliphatic carbocycles. The van der Waals surface area contributed by atoms with Crippen molar-refractivity contribution in [1.29, 1.82) is 0 Å². The monoisotopic (exact) mass is 375 g/mol. The lowest BCUT2D eigenvalue weighted by Gasteiger charge is -2.61. The minimum absolute atomic E-state index is 0.315. The largest absolute Gasteiger partial charge is 0.493 e. The van der Waals surface area contributed by atoms with Crippen molar-refractivity contribution in [2.45, 2.75) is 58.2 Å². The van der Waals surface area contributed by atoms with Crippen molar-refractivity contribution in [2.75, 3.05) is 27.4 Å². The van der Waals surface area contributed by atoms with Gasteiger partial charge >= 0.3 is 0 Å². The van der Waals surface area contributed by atoms with Crippen LogP contribution in [0, 0.1) is 5.41 Å². The third kappa shape index (κ3) is 4.00. The quantitative estimate of drug-likeness (QED) is 0.540. The summed E-state index contributed by atoms with van der Waals surface area (Å²) in [4.78, 5) is 4.41. The van der Waals surface area contributed by atoms with Crippen LogP contribution in [-0.4, -0.2) is 45.5 Å². The number of benzene rings is 1. The third-order valence-electron chi connectivity index (χ3n) is 5.96. The molecule has 0 radical (unpaired) electrons. The molecule has 150 valence electrons. The molecule has 1 aromatic rings.